The molecule has 2 aliphatic rings. The molecule has 0 aromatic carbocycles. The number of nitrogens with zero attached hydrogens (tertiary/aromatic N) is 8. The molecular weight excluding hydrogens is 482 g/mol. The number of amides is 1. The van der Waals surface area contributed by atoms with Crippen molar-refractivity contribution in [1.82, 2.24) is 34.4 Å². The van der Waals surface area contributed by atoms with Gasteiger partial charge in [0.2, 0.25) is 17.7 Å². The number of anilines is 3. The lowest BCUT2D eigenvalue weighted by Crippen LogP contribution is -2.52. The molecule has 6 heterocycles. The second kappa shape index (κ2) is 9.97. The Morgan fingerprint density at radius 3 is 2.61 bits per heavy atom. The van der Waals surface area contributed by atoms with Gasteiger partial charge in [-0.2, -0.15) is 0 Å². The number of rotatable bonds is 7. The van der Waals surface area contributed by atoms with Crippen LogP contribution in [0.2, 0.25) is 0 Å². The van der Waals surface area contributed by atoms with Crippen LogP contribution >= 0.6 is 0 Å². The van der Waals surface area contributed by atoms with Crippen molar-refractivity contribution in [1.29, 1.82) is 0 Å². The van der Waals surface area contributed by atoms with Crippen LogP contribution in [-0.2, 0) is 4.79 Å². The van der Waals surface area contributed by atoms with Gasteiger partial charge >= 0.3 is 0 Å². The van der Waals surface area contributed by atoms with Crippen molar-refractivity contribution in [3.8, 4) is 17.3 Å². The zero-order chi connectivity index (χ0) is 26.2. The lowest BCUT2D eigenvalue weighted by molar-refractivity contribution is -0.121. The van der Waals surface area contributed by atoms with Crippen LogP contribution in [0.3, 0.4) is 0 Å². The maximum absolute atomic E-state index is 12.8. The lowest BCUT2D eigenvalue weighted by atomic mass is 9.99. The molecule has 11 nitrogen and oxygen atoms in total. The number of hydrogen-bond donors (Lipinski definition) is 1. The fourth-order valence-corrected chi connectivity index (χ4v) is 5.09. The Morgan fingerprint density at radius 2 is 1.92 bits per heavy atom. The lowest BCUT2D eigenvalue weighted by Gasteiger charge is -2.42. The number of carbonyl (C=O) groups is 1. The van der Waals surface area contributed by atoms with Gasteiger partial charge in [0.25, 0.3) is 0 Å². The van der Waals surface area contributed by atoms with Gasteiger partial charge in [-0.3, -0.25) is 9.69 Å². The van der Waals surface area contributed by atoms with Crippen molar-refractivity contribution in [2.45, 2.75) is 45.2 Å². The van der Waals surface area contributed by atoms with E-state index in [0.717, 1.165) is 37.3 Å². The molecule has 1 atom stereocenters. The molecule has 38 heavy (non-hydrogen) atoms. The number of ether oxygens (including phenoxy) is 1. The first-order valence-corrected chi connectivity index (χ1v) is 13.0. The molecule has 196 valence electrons. The summed E-state index contributed by atoms with van der Waals surface area (Å²) in [4.78, 5) is 39.7. The van der Waals surface area contributed by atoms with Crippen LogP contribution in [0.5, 0.6) is 5.88 Å². The summed E-state index contributed by atoms with van der Waals surface area (Å²) in [6.07, 6.45) is 8.01. The van der Waals surface area contributed by atoms with E-state index in [9.17, 15) is 4.79 Å². The molecule has 2 aliphatic heterocycles. The smallest absolute Gasteiger partial charge is 0.242 e. The quantitative estimate of drug-likeness (QED) is 0.394. The SMILES string of the molecule is COc1nc(-c2ccnc(Nc3ccc(N4CCC(N5CCC5)CC4=O)cn3)n2)cc2c1ncn2C(C)C. The molecule has 0 bridgehead atoms. The van der Waals surface area contributed by atoms with E-state index in [1.165, 1.54) is 6.42 Å². The number of aromatic nitrogens is 6. The third kappa shape index (κ3) is 4.53. The van der Waals surface area contributed by atoms with Crippen molar-refractivity contribution in [2.75, 3.05) is 37.0 Å². The van der Waals surface area contributed by atoms with Gasteiger partial charge in [-0.25, -0.2) is 24.9 Å². The van der Waals surface area contributed by atoms with Crippen LogP contribution in [-0.4, -0.2) is 73.1 Å². The summed E-state index contributed by atoms with van der Waals surface area (Å²) in [5.74, 6) is 1.59. The van der Waals surface area contributed by atoms with Crippen molar-refractivity contribution < 1.29 is 9.53 Å². The molecule has 2 saturated heterocycles. The molecule has 0 spiro atoms. The number of likely N-dealkylation sites (tertiary alicyclic amines) is 1. The number of pyridine rings is 2. The minimum Gasteiger partial charge on any atom is -0.479 e. The van der Waals surface area contributed by atoms with E-state index in [2.05, 4.69) is 53.6 Å². The van der Waals surface area contributed by atoms with Crippen molar-refractivity contribution in [2.24, 2.45) is 0 Å². The fourth-order valence-electron chi connectivity index (χ4n) is 5.09. The van der Waals surface area contributed by atoms with E-state index in [1.807, 2.05) is 23.1 Å². The predicted molar refractivity (Wildman–Crippen MR) is 145 cm³/mol. The van der Waals surface area contributed by atoms with Gasteiger partial charge in [-0.1, -0.05) is 0 Å². The first-order valence-electron chi connectivity index (χ1n) is 13.0. The van der Waals surface area contributed by atoms with Crippen LogP contribution in [0.25, 0.3) is 22.4 Å². The molecule has 0 saturated carbocycles. The third-order valence-electron chi connectivity index (χ3n) is 7.30. The Kier molecular flexibility index (Phi) is 6.36. The van der Waals surface area contributed by atoms with Crippen LogP contribution < -0.4 is 15.0 Å². The Bertz CT molecular complexity index is 1460. The fraction of sp³-hybridized carbons (Fsp3) is 0.407. The normalized spacial score (nSPS) is 18.2. The summed E-state index contributed by atoms with van der Waals surface area (Å²) in [6.45, 7) is 7.15. The standard InChI is InChI=1S/C27H31N9O2/c1-17(2)36-16-30-25-22(36)14-21(31-26(25)38-3)20-7-9-28-27(32-20)33-23-6-5-19(15-29-23)35-12-8-18(13-24(35)37)34-10-4-11-34/h5-7,9,14-18H,4,8,10-13H2,1-3H3,(H,28,29,32,33). The van der Waals surface area contributed by atoms with Gasteiger partial charge in [0.15, 0.2) is 5.52 Å². The largest absolute Gasteiger partial charge is 0.479 e. The highest BCUT2D eigenvalue weighted by Crippen LogP contribution is 2.30. The van der Waals surface area contributed by atoms with Gasteiger partial charge in [-0.15, -0.1) is 0 Å². The average molecular weight is 514 g/mol. The Morgan fingerprint density at radius 1 is 1.05 bits per heavy atom. The van der Waals surface area contributed by atoms with Crippen molar-refractivity contribution in [3.63, 3.8) is 0 Å². The highest BCUT2D eigenvalue weighted by atomic mass is 16.5. The Labute approximate surface area is 220 Å². The highest BCUT2D eigenvalue weighted by Gasteiger charge is 2.32. The molecule has 11 heteroatoms. The van der Waals surface area contributed by atoms with E-state index in [0.29, 0.717) is 47.0 Å². The second-order valence-corrected chi connectivity index (χ2v) is 10.0. The molecule has 2 fully saturated rings. The molecule has 1 N–H and O–H groups in total. The molecule has 0 radical (unpaired) electrons. The molecule has 4 aromatic heterocycles. The summed E-state index contributed by atoms with van der Waals surface area (Å²) < 4.78 is 7.59. The van der Waals surface area contributed by atoms with E-state index in [4.69, 9.17) is 4.74 Å². The first kappa shape index (κ1) is 24.2. The molecule has 6 rings (SSSR count). The number of hydrogen-bond acceptors (Lipinski definition) is 9. The predicted octanol–water partition coefficient (Wildman–Crippen LogP) is 3.82. The maximum atomic E-state index is 12.8. The van der Waals surface area contributed by atoms with E-state index >= 15 is 0 Å². The molecule has 4 aromatic rings. The number of fused-ring (bicyclic) bond motifs is 1. The minimum atomic E-state index is 0.158. The van der Waals surface area contributed by atoms with Gasteiger partial charge in [0, 0.05) is 31.2 Å². The topological polar surface area (TPSA) is 114 Å². The van der Waals surface area contributed by atoms with Crippen LogP contribution in [0.15, 0.2) is 43.0 Å². The average Bonchev–Trinajstić information content (AvgIpc) is 3.33. The molecule has 0 aliphatic carbocycles. The summed E-state index contributed by atoms with van der Waals surface area (Å²) >= 11 is 0. The number of imidazole rings is 1. The summed E-state index contributed by atoms with van der Waals surface area (Å²) in [6, 6.07) is 8.14. The van der Waals surface area contributed by atoms with Gasteiger partial charge in [0.05, 0.1) is 42.2 Å². The van der Waals surface area contributed by atoms with E-state index < -0.39 is 0 Å². The van der Waals surface area contributed by atoms with Crippen LogP contribution in [0.4, 0.5) is 17.5 Å². The molecule has 1 amide bonds. The minimum absolute atomic E-state index is 0.158. The second-order valence-electron chi connectivity index (χ2n) is 10.0. The van der Waals surface area contributed by atoms with Crippen LogP contribution in [0, 0.1) is 0 Å². The summed E-state index contributed by atoms with van der Waals surface area (Å²) in [5, 5.41) is 3.16. The monoisotopic (exact) mass is 513 g/mol. The van der Waals surface area contributed by atoms with Gasteiger partial charge in [0.1, 0.15) is 5.82 Å². The van der Waals surface area contributed by atoms with Crippen molar-refractivity contribution >= 4 is 34.4 Å². The number of nitrogens with one attached hydrogen (secondary N) is 1. The van der Waals surface area contributed by atoms with Crippen molar-refractivity contribution in [3.05, 3.63) is 43.0 Å². The summed E-state index contributed by atoms with van der Waals surface area (Å²) in [5.41, 5.74) is 3.75. The van der Waals surface area contributed by atoms with E-state index in [-0.39, 0.29) is 11.9 Å². The molecular formula is C27H31N9O2. The summed E-state index contributed by atoms with van der Waals surface area (Å²) in [7, 11) is 1.59. The zero-order valence-electron chi connectivity index (χ0n) is 21.8. The number of carbonyl (C=O) groups excluding carboxylic acids is 1. The highest BCUT2D eigenvalue weighted by molar-refractivity contribution is 5.94. The zero-order valence-corrected chi connectivity index (χ0v) is 21.8. The first-order chi connectivity index (χ1) is 18.5. The van der Waals surface area contributed by atoms with Gasteiger partial charge < -0.3 is 19.5 Å². The maximum Gasteiger partial charge on any atom is 0.242 e. The van der Waals surface area contributed by atoms with Gasteiger partial charge in [-0.05, 0) is 64.0 Å². The van der Waals surface area contributed by atoms with Crippen LogP contribution in [0.1, 0.15) is 39.2 Å². The number of piperidine rings is 1. The molecule has 1 unspecified atom stereocenters. The third-order valence-corrected chi connectivity index (χ3v) is 7.30. The Balaban J connectivity index is 1.19. The van der Waals surface area contributed by atoms with E-state index in [1.54, 1.807) is 31.9 Å². The number of methoxy groups -OCH3 is 1. The Hall–Kier alpha value is -4.12.